The molecule has 0 heterocycles. The Morgan fingerprint density at radius 1 is 1.31 bits per heavy atom. The zero-order chi connectivity index (χ0) is 9.90. The molecule has 0 unspecified atom stereocenters. The van der Waals surface area contributed by atoms with E-state index < -0.39 is 13.0 Å². The first-order valence-corrected chi connectivity index (χ1v) is 5.00. The van der Waals surface area contributed by atoms with Crippen molar-refractivity contribution in [1.82, 2.24) is 0 Å². The molecule has 0 spiro atoms. The molecular weight excluding hydrogens is 191 g/mol. The summed E-state index contributed by atoms with van der Waals surface area (Å²) < 4.78 is 10.8. The fourth-order valence-electron chi connectivity index (χ4n) is 0.871. The van der Waals surface area contributed by atoms with Crippen molar-refractivity contribution in [2.45, 2.75) is 0 Å². The van der Waals surface area contributed by atoms with Gasteiger partial charge in [-0.15, -0.1) is 0 Å². The van der Waals surface area contributed by atoms with Crippen molar-refractivity contribution in [1.29, 1.82) is 0 Å². The second-order valence-electron chi connectivity index (χ2n) is 2.33. The number of benzene rings is 1. The van der Waals surface area contributed by atoms with Gasteiger partial charge in [-0.1, -0.05) is 18.2 Å². The highest BCUT2D eigenvalue weighted by atomic mass is 31.2. The SMILES string of the molecule is [N-]=[N+]=C(c1ccccc1)P(=O)(O)O. The lowest BCUT2D eigenvalue weighted by molar-refractivity contribution is -0.00152. The van der Waals surface area contributed by atoms with Crippen LogP contribution in [0.15, 0.2) is 30.3 Å². The predicted octanol–water partition coefficient (Wildman–Crippen LogP) is 0.841. The van der Waals surface area contributed by atoms with Crippen LogP contribution < -0.4 is 0 Å². The molecule has 0 bridgehead atoms. The molecule has 1 aromatic rings. The van der Waals surface area contributed by atoms with Crippen LogP contribution in [0, 0.1) is 0 Å². The average molecular weight is 198 g/mol. The van der Waals surface area contributed by atoms with Crippen LogP contribution in [-0.4, -0.2) is 20.0 Å². The van der Waals surface area contributed by atoms with Gasteiger partial charge in [0.15, 0.2) is 0 Å². The van der Waals surface area contributed by atoms with Crippen LogP contribution in [-0.2, 0) is 4.57 Å². The van der Waals surface area contributed by atoms with Gasteiger partial charge < -0.3 is 15.3 Å². The fourth-order valence-corrected chi connectivity index (χ4v) is 1.47. The lowest BCUT2D eigenvalue weighted by Crippen LogP contribution is -2.02. The van der Waals surface area contributed by atoms with Gasteiger partial charge in [0, 0.05) is 0 Å². The monoisotopic (exact) mass is 198 g/mol. The van der Waals surface area contributed by atoms with Crippen LogP contribution in [0.1, 0.15) is 5.56 Å². The van der Waals surface area contributed by atoms with Gasteiger partial charge in [0.1, 0.15) is 0 Å². The number of hydrogen-bond donors (Lipinski definition) is 2. The molecule has 0 radical (unpaired) electrons. The number of nitrogens with zero attached hydrogens (tertiary/aromatic N) is 2. The number of hydrogen-bond acceptors (Lipinski definition) is 1. The minimum Gasteiger partial charge on any atom is -0.360 e. The summed E-state index contributed by atoms with van der Waals surface area (Å²) in [5.74, 6) is 0. The summed E-state index contributed by atoms with van der Waals surface area (Å²) in [5.41, 5.74) is 8.00. The highest BCUT2D eigenvalue weighted by molar-refractivity contribution is 7.70. The van der Waals surface area contributed by atoms with Gasteiger partial charge in [0.2, 0.25) is 0 Å². The molecule has 68 valence electrons. The van der Waals surface area contributed by atoms with Gasteiger partial charge >= 0.3 is 13.0 Å². The normalized spacial score (nSPS) is 10.6. The molecular formula is C7H7N2O3P. The second-order valence-corrected chi connectivity index (χ2v) is 3.85. The van der Waals surface area contributed by atoms with Gasteiger partial charge in [-0.3, -0.25) is 0 Å². The van der Waals surface area contributed by atoms with Crippen molar-refractivity contribution in [2.75, 3.05) is 0 Å². The van der Waals surface area contributed by atoms with Gasteiger partial charge in [-0.2, -0.15) is 4.79 Å². The molecule has 0 saturated heterocycles. The van der Waals surface area contributed by atoms with Crippen LogP contribution in [0.4, 0.5) is 0 Å². The van der Waals surface area contributed by atoms with Crippen LogP contribution in [0.3, 0.4) is 0 Å². The molecule has 13 heavy (non-hydrogen) atoms. The topological polar surface area (TPSA) is 93.9 Å². The summed E-state index contributed by atoms with van der Waals surface area (Å²) in [6.45, 7) is 0. The van der Waals surface area contributed by atoms with E-state index in [4.69, 9.17) is 15.3 Å². The van der Waals surface area contributed by atoms with E-state index in [9.17, 15) is 4.57 Å². The quantitative estimate of drug-likeness (QED) is 0.319. The Hall–Kier alpha value is -1.25. The van der Waals surface area contributed by atoms with E-state index in [-0.39, 0.29) is 5.56 Å². The van der Waals surface area contributed by atoms with E-state index in [1.807, 2.05) is 0 Å². The molecule has 5 nitrogen and oxygen atoms in total. The van der Waals surface area contributed by atoms with Crippen LogP contribution >= 0.6 is 7.60 Å². The molecule has 1 rings (SSSR count). The van der Waals surface area contributed by atoms with Crippen molar-refractivity contribution >= 4 is 13.0 Å². The van der Waals surface area contributed by atoms with E-state index in [1.165, 1.54) is 12.1 Å². The first-order valence-electron chi connectivity index (χ1n) is 3.39. The molecule has 0 amide bonds. The third-order valence-corrected chi connectivity index (χ3v) is 2.30. The summed E-state index contributed by atoms with van der Waals surface area (Å²) in [4.78, 5) is 20.1. The Labute approximate surface area is 74.4 Å². The molecule has 0 aliphatic rings. The molecule has 0 aliphatic heterocycles. The first-order chi connectivity index (χ1) is 6.05. The minimum absolute atomic E-state index is 0.207. The van der Waals surface area contributed by atoms with Gasteiger partial charge in [-0.05, 0) is 12.1 Å². The molecule has 0 fully saturated rings. The lowest BCUT2D eigenvalue weighted by Gasteiger charge is -1.97. The van der Waals surface area contributed by atoms with Crippen molar-refractivity contribution in [3.8, 4) is 0 Å². The van der Waals surface area contributed by atoms with Crippen molar-refractivity contribution in [3.63, 3.8) is 0 Å². The number of rotatable bonds is 2. The predicted molar refractivity (Wildman–Crippen MR) is 46.2 cm³/mol. The second kappa shape index (κ2) is 3.64. The summed E-state index contributed by atoms with van der Waals surface area (Å²) in [5, 5.41) is 0. The van der Waals surface area contributed by atoms with E-state index >= 15 is 0 Å². The molecule has 0 saturated carbocycles. The van der Waals surface area contributed by atoms with E-state index in [2.05, 4.69) is 4.79 Å². The summed E-state index contributed by atoms with van der Waals surface area (Å²) in [6.07, 6.45) is 0. The summed E-state index contributed by atoms with van der Waals surface area (Å²) in [6, 6.07) is 7.78. The Bertz CT molecular complexity index is 391. The van der Waals surface area contributed by atoms with E-state index in [1.54, 1.807) is 18.2 Å². The Balaban J connectivity index is 3.23. The van der Waals surface area contributed by atoms with Crippen molar-refractivity contribution in [3.05, 3.63) is 41.4 Å². The maximum atomic E-state index is 10.8. The summed E-state index contributed by atoms with van der Waals surface area (Å²) >= 11 is 0. The fraction of sp³-hybridized carbons (Fsp3) is 0. The third kappa shape index (κ3) is 2.34. The minimum atomic E-state index is -4.50. The largest absolute Gasteiger partial charge is 0.437 e. The van der Waals surface area contributed by atoms with Crippen LogP contribution in [0.2, 0.25) is 0 Å². The standard InChI is InChI=1S/C7H7N2O3P/c8-9-7(13(10,11)12)6-4-2-1-3-5-6/h1-5H,(H2,10,11,12). The van der Waals surface area contributed by atoms with Gasteiger partial charge in [-0.25, -0.2) is 4.57 Å². The van der Waals surface area contributed by atoms with Crippen LogP contribution in [0.25, 0.3) is 5.53 Å². The average Bonchev–Trinajstić information content (AvgIpc) is 2.05. The Morgan fingerprint density at radius 2 is 1.85 bits per heavy atom. The van der Waals surface area contributed by atoms with E-state index in [0.717, 1.165) is 0 Å². The zero-order valence-electron chi connectivity index (χ0n) is 6.53. The maximum absolute atomic E-state index is 10.8. The van der Waals surface area contributed by atoms with Crippen molar-refractivity contribution in [2.24, 2.45) is 0 Å². The zero-order valence-corrected chi connectivity index (χ0v) is 7.43. The maximum Gasteiger partial charge on any atom is 0.437 e. The summed E-state index contributed by atoms with van der Waals surface area (Å²) in [7, 11) is -4.50. The Morgan fingerprint density at radius 3 is 2.23 bits per heavy atom. The highest BCUT2D eigenvalue weighted by Gasteiger charge is 2.33. The first kappa shape index (κ1) is 9.84. The van der Waals surface area contributed by atoms with Crippen LogP contribution in [0.5, 0.6) is 0 Å². The van der Waals surface area contributed by atoms with Gasteiger partial charge in [0.05, 0.1) is 5.56 Å². The molecule has 1 aromatic carbocycles. The van der Waals surface area contributed by atoms with E-state index in [0.29, 0.717) is 0 Å². The van der Waals surface area contributed by atoms with Gasteiger partial charge in [0.25, 0.3) is 0 Å². The smallest absolute Gasteiger partial charge is 0.360 e. The highest BCUT2D eigenvalue weighted by Crippen LogP contribution is 2.38. The molecule has 0 atom stereocenters. The Kier molecular flexibility index (Phi) is 2.76. The molecule has 6 heteroatoms. The molecule has 2 N–H and O–H groups in total. The lowest BCUT2D eigenvalue weighted by atomic mass is 10.2. The molecule has 0 aromatic heterocycles. The third-order valence-electron chi connectivity index (χ3n) is 1.40. The van der Waals surface area contributed by atoms with Crippen molar-refractivity contribution < 1.29 is 19.1 Å². The molecule has 0 aliphatic carbocycles.